The number of hydrogen-bond donors (Lipinski definition) is 2. The van der Waals surface area contributed by atoms with E-state index in [1.165, 1.54) is 42.6 Å². The molecule has 7 heteroatoms. The van der Waals surface area contributed by atoms with Crippen molar-refractivity contribution < 1.29 is 0 Å². The monoisotopic (exact) mass is 426 g/mol. The molecule has 1 fully saturated rings. The Hall–Kier alpha value is -1.27. The normalized spacial score (nSPS) is 26.2. The van der Waals surface area contributed by atoms with E-state index in [-0.39, 0.29) is 30.4 Å². The van der Waals surface area contributed by atoms with Crippen LogP contribution in [0.5, 0.6) is 0 Å². The Balaban J connectivity index is 0.00000131. The molecule has 0 amide bonds. The van der Waals surface area contributed by atoms with Crippen molar-refractivity contribution in [3.63, 3.8) is 0 Å². The fraction of sp³-hybridized carbons (Fsp3) is 0.400. The van der Waals surface area contributed by atoms with Crippen LogP contribution in [0, 0.1) is 0 Å². The first-order valence-corrected chi connectivity index (χ1v) is 9.77. The number of nitrogens with zero attached hydrogens (tertiary/aromatic N) is 2. The van der Waals surface area contributed by atoms with E-state index in [4.69, 9.17) is 0 Å². The van der Waals surface area contributed by atoms with Gasteiger partial charge in [0.15, 0.2) is 0 Å². The second-order valence-electron chi connectivity index (χ2n) is 7.20. The summed E-state index contributed by atoms with van der Waals surface area (Å²) in [5.74, 6) is 0. The van der Waals surface area contributed by atoms with Crippen LogP contribution < -0.4 is 10.0 Å². The molecule has 2 heterocycles. The predicted octanol–water partition coefficient (Wildman–Crippen LogP) is 4.54. The first kappa shape index (κ1) is 22.0. The lowest BCUT2D eigenvalue weighted by Crippen LogP contribution is -2.47. The molecule has 0 unspecified atom stereocenters. The summed E-state index contributed by atoms with van der Waals surface area (Å²) < 4.78 is 5.39. The number of halogens is 2. The third-order valence-electron chi connectivity index (χ3n) is 5.68. The van der Waals surface area contributed by atoms with Gasteiger partial charge in [0, 0.05) is 24.0 Å². The highest BCUT2D eigenvalue weighted by molar-refractivity contribution is 7.95. The Morgan fingerprint density at radius 1 is 1.15 bits per heavy atom. The molecular weight excluding hydrogens is 399 g/mol. The average molecular weight is 427 g/mol. The highest BCUT2D eigenvalue weighted by atomic mass is 35.5. The fourth-order valence-electron chi connectivity index (χ4n) is 4.19. The highest BCUT2D eigenvalue weighted by Gasteiger charge is 2.39. The van der Waals surface area contributed by atoms with Crippen LogP contribution in [0.4, 0.5) is 0 Å². The van der Waals surface area contributed by atoms with Crippen molar-refractivity contribution in [1.82, 2.24) is 19.2 Å². The van der Waals surface area contributed by atoms with Gasteiger partial charge < -0.3 is 10.0 Å². The second kappa shape index (κ2) is 9.28. The van der Waals surface area contributed by atoms with Crippen LogP contribution in [0.3, 0.4) is 0 Å². The Labute approximate surface area is 179 Å². The average Bonchev–Trinajstić information content (AvgIpc) is 3.13. The van der Waals surface area contributed by atoms with Crippen molar-refractivity contribution in [2.24, 2.45) is 0 Å². The zero-order chi connectivity index (χ0) is 17.3. The van der Waals surface area contributed by atoms with Gasteiger partial charge in [0.25, 0.3) is 0 Å². The third-order valence-corrected chi connectivity index (χ3v) is 6.42. The molecule has 2 aliphatic heterocycles. The molecule has 27 heavy (non-hydrogen) atoms. The summed E-state index contributed by atoms with van der Waals surface area (Å²) in [6, 6.07) is 11.5. The minimum Gasteiger partial charge on any atom is -0.381 e. The number of nitrogens with one attached hydrogen (secondary N) is 2. The van der Waals surface area contributed by atoms with E-state index in [1.807, 2.05) is 0 Å². The standard InChI is InChI=1S/C20H26N4S.2ClH/c1-23(2)20(16-7-4-3-5-8-16)12-10-17(11-13-20)22-18-9-6-14-24-19(18)15-21-25-24;;/h3-9,14-15,17,21-22H,10-13H2,1-2H3;2*1H. The summed E-state index contributed by atoms with van der Waals surface area (Å²) >= 11 is 1.61. The molecule has 4 rings (SSSR count). The van der Waals surface area contributed by atoms with Gasteiger partial charge in [-0.2, -0.15) is 0 Å². The summed E-state index contributed by atoms with van der Waals surface area (Å²) in [6.45, 7) is 0. The molecule has 148 valence electrons. The Morgan fingerprint density at radius 3 is 2.52 bits per heavy atom. The van der Waals surface area contributed by atoms with Gasteiger partial charge in [0.1, 0.15) is 0 Å². The van der Waals surface area contributed by atoms with Crippen LogP contribution in [0.2, 0.25) is 0 Å². The van der Waals surface area contributed by atoms with Crippen LogP contribution in [-0.2, 0) is 5.54 Å². The maximum atomic E-state index is 3.79. The number of allylic oxidation sites excluding steroid dienone is 2. The minimum absolute atomic E-state index is 0. The molecule has 1 aliphatic carbocycles. The summed E-state index contributed by atoms with van der Waals surface area (Å²) in [4.78, 5) is 2.42. The van der Waals surface area contributed by atoms with E-state index in [2.05, 4.69) is 88.2 Å². The van der Waals surface area contributed by atoms with Gasteiger partial charge in [0.2, 0.25) is 0 Å². The summed E-state index contributed by atoms with van der Waals surface area (Å²) in [5, 5.41) is 3.79. The molecule has 1 aromatic carbocycles. The first-order valence-electron chi connectivity index (χ1n) is 8.99. The molecule has 4 nitrogen and oxygen atoms in total. The summed E-state index contributed by atoms with van der Waals surface area (Å²) in [5.41, 5.74) is 4.06. The van der Waals surface area contributed by atoms with E-state index in [1.54, 1.807) is 12.1 Å². The van der Waals surface area contributed by atoms with Crippen molar-refractivity contribution in [3.05, 3.63) is 71.8 Å². The molecule has 1 saturated carbocycles. The van der Waals surface area contributed by atoms with Crippen LogP contribution in [-0.4, -0.2) is 29.3 Å². The molecule has 0 bridgehead atoms. The predicted molar refractivity (Wildman–Crippen MR) is 120 cm³/mol. The fourth-order valence-corrected chi connectivity index (χ4v) is 4.84. The first-order chi connectivity index (χ1) is 12.2. The van der Waals surface area contributed by atoms with E-state index < -0.39 is 0 Å². The topological polar surface area (TPSA) is 30.5 Å². The van der Waals surface area contributed by atoms with Gasteiger partial charge in [0.05, 0.1) is 23.5 Å². The lowest BCUT2D eigenvalue weighted by atomic mass is 9.74. The lowest BCUT2D eigenvalue weighted by molar-refractivity contribution is 0.0874. The number of hydrogen-bond acceptors (Lipinski definition) is 5. The summed E-state index contributed by atoms with van der Waals surface area (Å²) in [6.07, 6.45) is 13.2. The van der Waals surface area contributed by atoms with Gasteiger partial charge >= 0.3 is 0 Å². The van der Waals surface area contributed by atoms with Crippen molar-refractivity contribution in [2.45, 2.75) is 37.3 Å². The van der Waals surface area contributed by atoms with E-state index in [0.29, 0.717) is 6.04 Å². The van der Waals surface area contributed by atoms with Crippen LogP contribution in [0.25, 0.3) is 0 Å². The van der Waals surface area contributed by atoms with Gasteiger partial charge in [-0.15, -0.1) is 24.8 Å². The molecule has 0 atom stereocenters. The Bertz CT molecular complexity index is 710. The SMILES string of the molecule is CN(C)C1(c2ccccc2)CCC(NC2=CC=CN3SNC=C23)CC1.Cl.Cl. The third kappa shape index (κ3) is 4.27. The lowest BCUT2D eigenvalue weighted by Gasteiger charge is -2.46. The zero-order valence-electron chi connectivity index (χ0n) is 15.7. The van der Waals surface area contributed by atoms with Crippen molar-refractivity contribution in [3.8, 4) is 0 Å². The molecule has 0 radical (unpaired) electrons. The maximum Gasteiger partial charge on any atom is 0.0932 e. The van der Waals surface area contributed by atoms with Crippen LogP contribution >= 0.6 is 36.9 Å². The van der Waals surface area contributed by atoms with E-state index in [9.17, 15) is 0 Å². The quantitative estimate of drug-likeness (QED) is 0.689. The van der Waals surface area contributed by atoms with Gasteiger partial charge in [-0.25, -0.2) is 0 Å². The molecule has 0 saturated heterocycles. The molecule has 0 aromatic heterocycles. The number of fused-ring (bicyclic) bond motifs is 1. The van der Waals surface area contributed by atoms with E-state index >= 15 is 0 Å². The number of rotatable bonds is 4. The van der Waals surface area contributed by atoms with Gasteiger partial charge in [-0.3, -0.25) is 9.21 Å². The second-order valence-corrected chi connectivity index (χ2v) is 8.01. The smallest absolute Gasteiger partial charge is 0.0932 e. The maximum absolute atomic E-state index is 3.79. The largest absolute Gasteiger partial charge is 0.381 e. The van der Waals surface area contributed by atoms with Crippen molar-refractivity contribution in [2.75, 3.05) is 14.1 Å². The molecule has 2 N–H and O–H groups in total. The minimum atomic E-state index is 0. The Morgan fingerprint density at radius 2 is 1.85 bits per heavy atom. The van der Waals surface area contributed by atoms with Gasteiger partial charge in [-0.1, -0.05) is 30.3 Å². The molecule has 1 aromatic rings. The van der Waals surface area contributed by atoms with Crippen LogP contribution in [0.15, 0.2) is 66.3 Å². The van der Waals surface area contributed by atoms with Crippen LogP contribution in [0.1, 0.15) is 31.2 Å². The molecule has 3 aliphatic rings. The Kier molecular flexibility index (Phi) is 7.57. The van der Waals surface area contributed by atoms with Gasteiger partial charge in [-0.05, 0) is 57.5 Å². The zero-order valence-corrected chi connectivity index (χ0v) is 18.2. The van der Waals surface area contributed by atoms with Crippen molar-refractivity contribution in [1.29, 1.82) is 0 Å². The van der Waals surface area contributed by atoms with E-state index in [0.717, 1.165) is 0 Å². The molecular formula is C20H28Cl2N4S. The number of benzene rings is 1. The molecule has 0 spiro atoms. The highest BCUT2D eigenvalue weighted by Crippen LogP contribution is 2.41. The summed E-state index contributed by atoms with van der Waals surface area (Å²) in [7, 11) is 4.44. The van der Waals surface area contributed by atoms with Crippen molar-refractivity contribution >= 4 is 36.9 Å².